The Bertz CT molecular complexity index is 624. The molecular weight excluding hydrogens is 292 g/mol. The molecule has 1 unspecified atom stereocenters. The van der Waals surface area contributed by atoms with E-state index in [4.69, 9.17) is 0 Å². The van der Waals surface area contributed by atoms with Crippen LogP contribution in [0.5, 0.6) is 5.75 Å². The van der Waals surface area contributed by atoms with Crippen molar-refractivity contribution in [1.29, 1.82) is 0 Å². The number of carbonyl (C=O) groups is 1. The van der Waals surface area contributed by atoms with Gasteiger partial charge < -0.3 is 5.11 Å². The van der Waals surface area contributed by atoms with E-state index < -0.39 is 0 Å². The third-order valence-corrected chi connectivity index (χ3v) is 4.73. The molecule has 1 aromatic carbocycles. The van der Waals surface area contributed by atoms with Crippen LogP contribution < -0.4 is 4.90 Å². The van der Waals surface area contributed by atoms with Crippen LogP contribution in [0.2, 0.25) is 0 Å². The quantitative estimate of drug-likeness (QED) is 0.857. The summed E-state index contributed by atoms with van der Waals surface area (Å²) in [5.41, 5.74) is 1.76. The van der Waals surface area contributed by atoms with Crippen molar-refractivity contribution in [3.05, 3.63) is 29.6 Å². The van der Waals surface area contributed by atoms with Crippen LogP contribution >= 0.6 is 24.0 Å². The Balaban J connectivity index is 1.83. The number of thiazole rings is 1. The first-order chi connectivity index (χ1) is 9.67. The molecule has 0 aliphatic carbocycles. The van der Waals surface area contributed by atoms with Crippen molar-refractivity contribution in [3.63, 3.8) is 0 Å². The fourth-order valence-electron chi connectivity index (χ4n) is 2.24. The zero-order valence-electron chi connectivity index (χ0n) is 10.7. The molecule has 2 aromatic rings. The highest BCUT2D eigenvalue weighted by atomic mass is 32.1. The number of nitrogens with zero attached hydrogens (tertiary/aromatic N) is 2. The van der Waals surface area contributed by atoms with Gasteiger partial charge in [0.15, 0.2) is 5.13 Å². The normalized spacial score (nSPS) is 18.8. The van der Waals surface area contributed by atoms with Gasteiger partial charge in [0.05, 0.1) is 5.69 Å². The van der Waals surface area contributed by atoms with Crippen LogP contribution in [0.15, 0.2) is 29.6 Å². The van der Waals surface area contributed by atoms with Crippen LogP contribution in [0, 0.1) is 5.92 Å². The number of phenolic OH excluding ortho intramolecular Hbond substituents is 1. The predicted octanol–water partition coefficient (Wildman–Crippen LogP) is 2.80. The number of carbonyl (C=O) groups excluding carboxylic acids is 1. The molecule has 0 radical (unpaired) electrons. The summed E-state index contributed by atoms with van der Waals surface area (Å²) < 4.78 is 0. The van der Waals surface area contributed by atoms with Crippen molar-refractivity contribution < 1.29 is 9.90 Å². The largest absolute Gasteiger partial charge is 0.508 e. The van der Waals surface area contributed by atoms with Crippen LogP contribution in [-0.2, 0) is 4.79 Å². The van der Waals surface area contributed by atoms with E-state index in [0.29, 0.717) is 18.9 Å². The van der Waals surface area contributed by atoms with Crippen LogP contribution in [-0.4, -0.2) is 28.3 Å². The minimum absolute atomic E-state index is 0.121. The molecule has 6 heteroatoms. The number of anilines is 1. The predicted molar refractivity (Wildman–Crippen MR) is 83.5 cm³/mol. The molecule has 1 fully saturated rings. The molecule has 20 heavy (non-hydrogen) atoms. The molecule has 1 aliphatic rings. The summed E-state index contributed by atoms with van der Waals surface area (Å²) >= 11 is 5.73. The topological polar surface area (TPSA) is 53.4 Å². The summed E-state index contributed by atoms with van der Waals surface area (Å²) in [7, 11) is 0. The lowest BCUT2D eigenvalue weighted by molar-refractivity contribution is -0.117. The van der Waals surface area contributed by atoms with E-state index in [9.17, 15) is 9.90 Å². The van der Waals surface area contributed by atoms with Crippen molar-refractivity contribution >= 4 is 35.0 Å². The van der Waals surface area contributed by atoms with E-state index in [1.54, 1.807) is 17.0 Å². The van der Waals surface area contributed by atoms with E-state index in [-0.39, 0.29) is 11.7 Å². The van der Waals surface area contributed by atoms with Crippen LogP contribution in [0.3, 0.4) is 0 Å². The molecule has 2 heterocycles. The number of phenols is 1. The Hall–Kier alpha value is -1.53. The number of aromatic hydroxyl groups is 1. The zero-order valence-corrected chi connectivity index (χ0v) is 12.4. The van der Waals surface area contributed by atoms with Gasteiger partial charge in [0.1, 0.15) is 5.75 Å². The summed E-state index contributed by atoms with van der Waals surface area (Å²) in [6, 6.07) is 6.89. The Kier molecular flexibility index (Phi) is 3.67. The minimum atomic E-state index is 0.121. The number of aromatic nitrogens is 1. The Morgan fingerprint density at radius 2 is 2.15 bits per heavy atom. The highest BCUT2D eigenvalue weighted by Gasteiger charge is 2.31. The molecule has 1 aromatic heterocycles. The SMILES string of the molecule is O=C1CC(CS)CN1c1nc(-c2ccc(O)cc2)cs1. The first kappa shape index (κ1) is 13.5. The zero-order chi connectivity index (χ0) is 14.1. The maximum Gasteiger partial charge on any atom is 0.229 e. The smallest absolute Gasteiger partial charge is 0.229 e. The second kappa shape index (κ2) is 5.46. The Morgan fingerprint density at radius 3 is 2.80 bits per heavy atom. The maximum atomic E-state index is 12.0. The van der Waals surface area contributed by atoms with Crippen LogP contribution in [0.1, 0.15) is 6.42 Å². The number of hydrogen-bond donors (Lipinski definition) is 2. The lowest BCUT2D eigenvalue weighted by Crippen LogP contribution is -2.24. The average molecular weight is 306 g/mol. The second-order valence-electron chi connectivity index (χ2n) is 4.82. The molecule has 1 atom stereocenters. The third kappa shape index (κ3) is 2.53. The van der Waals surface area contributed by atoms with E-state index >= 15 is 0 Å². The molecule has 0 spiro atoms. The van der Waals surface area contributed by atoms with Crippen molar-refractivity contribution in [3.8, 4) is 17.0 Å². The minimum Gasteiger partial charge on any atom is -0.508 e. The van der Waals surface area contributed by atoms with Gasteiger partial charge >= 0.3 is 0 Å². The van der Waals surface area contributed by atoms with Gasteiger partial charge in [0.25, 0.3) is 0 Å². The third-order valence-electron chi connectivity index (χ3n) is 3.35. The lowest BCUT2D eigenvalue weighted by Gasteiger charge is -2.11. The van der Waals surface area contributed by atoms with E-state index in [1.165, 1.54) is 11.3 Å². The molecule has 104 valence electrons. The van der Waals surface area contributed by atoms with Crippen molar-refractivity contribution in [2.24, 2.45) is 5.92 Å². The molecule has 4 nitrogen and oxygen atoms in total. The van der Waals surface area contributed by atoms with Gasteiger partial charge in [0, 0.05) is 23.9 Å². The number of rotatable bonds is 3. The Morgan fingerprint density at radius 1 is 1.40 bits per heavy atom. The van der Waals surface area contributed by atoms with Crippen LogP contribution in [0.25, 0.3) is 11.3 Å². The number of benzene rings is 1. The van der Waals surface area contributed by atoms with Crippen LogP contribution in [0.4, 0.5) is 5.13 Å². The lowest BCUT2D eigenvalue weighted by atomic mass is 10.1. The maximum absolute atomic E-state index is 12.0. The molecule has 1 saturated heterocycles. The van der Waals surface area contributed by atoms with Crippen molar-refractivity contribution in [2.45, 2.75) is 6.42 Å². The highest BCUT2D eigenvalue weighted by Crippen LogP contribution is 2.32. The van der Waals surface area contributed by atoms with Gasteiger partial charge in [-0.05, 0) is 35.9 Å². The standard InChI is InChI=1S/C14H14N2O2S2/c17-11-3-1-10(2-4-11)12-8-20-14(15-12)16-6-9(7-19)5-13(16)18/h1-4,8-9,17,19H,5-7H2. The van der Waals surface area contributed by atoms with Gasteiger partial charge in [-0.25, -0.2) is 4.98 Å². The van der Waals surface area contributed by atoms with E-state index in [2.05, 4.69) is 17.6 Å². The summed E-state index contributed by atoms with van der Waals surface area (Å²) in [6.45, 7) is 0.699. The van der Waals surface area contributed by atoms with Gasteiger partial charge in [-0.15, -0.1) is 11.3 Å². The van der Waals surface area contributed by atoms with Gasteiger partial charge in [0.2, 0.25) is 5.91 Å². The molecule has 1 amide bonds. The van der Waals surface area contributed by atoms with Crippen molar-refractivity contribution in [2.75, 3.05) is 17.2 Å². The number of amides is 1. The molecule has 1 N–H and O–H groups in total. The van der Waals surface area contributed by atoms with Gasteiger partial charge in [-0.3, -0.25) is 9.69 Å². The number of thiol groups is 1. The second-order valence-corrected chi connectivity index (χ2v) is 6.02. The van der Waals surface area contributed by atoms with Gasteiger partial charge in [-0.2, -0.15) is 12.6 Å². The van der Waals surface area contributed by atoms with Crippen molar-refractivity contribution in [1.82, 2.24) is 4.98 Å². The summed E-state index contributed by atoms with van der Waals surface area (Å²) in [5.74, 6) is 1.39. The molecule has 0 saturated carbocycles. The fourth-order valence-corrected chi connectivity index (χ4v) is 3.35. The Labute approximate surface area is 126 Å². The monoisotopic (exact) mass is 306 g/mol. The molecule has 3 rings (SSSR count). The molecular formula is C14H14N2O2S2. The summed E-state index contributed by atoms with van der Waals surface area (Å²) in [5, 5.41) is 12.0. The summed E-state index contributed by atoms with van der Waals surface area (Å²) in [6.07, 6.45) is 0.553. The molecule has 0 bridgehead atoms. The fraction of sp³-hybridized carbons (Fsp3) is 0.286. The van der Waals surface area contributed by atoms with E-state index in [0.717, 1.165) is 22.1 Å². The first-order valence-electron chi connectivity index (χ1n) is 6.33. The highest BCUT2D eigenvalue weighted by molar-refractivity contribution is 7.80. The average Bonchev–Trinajstić information content (AvgIpc) is 3.06. The van der Waals surface area contributed by atoms with E-state index in [1.807, 2.05) is 17.5 Å². The molecule has 1 aliphatic heterocycles. The number of hydrogen-bond acceptors (Lipinski definition) is 5. The van der Waals surface area contributed by atoms with Gasteiger partial charge in [-0.1, -0.05) is 0 Å². The summed E-state index contributed by atoms with van der Waals surface area (Å²) in [4.78, 5) is 18.2. The first-order valence-corrected chi connectivity index (χ1v) is 7.84.